The van der Waals surface area contributed by atoms with Crippen LogP contribution in [0.1, 0.15) is 36.8 Å². The van der Waals surface area contributed by atoms with Gasteiger partial charge in [0.05, 0.1) is 27.4 Å². The van der Waals surface area contributed by atoms with Crippen molar-refractivity contribution in [3.8, 4) is 6.07 Å². The third kappa shape index (κ3) is 2.27. The van der Waals surface area contributed by atoms with E-state index < -0.39 is 9.84 Å². The van der Waals surface area contributed by atoms with Gasteiger partial charge < -0.3 is 5.32 Å². The predicted octanol–water partition coefficient (Wildman–Crippen LogP) is 2.79. The summed E-state index contributed by atoms with van der Waals surface area (Å²) in [6.45, 7) is 0. The molecule has 0 bridgehead atoms. The van der Waals surface area contributed by atoms with E-state index in [0.29, 0.717) is 22.9 Å². The summed E-state index contributed by atoms with van der Waals surface area (Å²) in [5, 5.41) is 13.8. The largest absolute Gasteiger partial charge is 0.381 e. The van der Waals surface area contributed by atoms with Gasteiger partial charge in [-0.05, 0) is 37.0 Å². The number of nitrogens with one attached hydrogen (secondary N) is 1. The lowest BCUT2D eigenvalue weighted by Crippen LogP contribution is -2.16. The fourth-order valence-electron chi connectivity index (χ4n) is 3.73. The number of nitriles is 1. The SMILES string of the molecule is N#Cc1cnc2ccc3c(c2c1NC1CCCC1)CCS3(=O)=O. The molecule has 6 heteroatoms. The summed E-state index contributed by atoms with van der Waals surface area (Å²) in [6.07, 6.45) is 6.62. The molecule has 1 N–H and O–H groups in total. The first-order valence-electron chi connectivity index (χ1n) is 7.94. The van der Waals surface area contributed by atoms with Gasteiger partial charge in [-0.2, -0.15) is 5.26 Å². The number of fused-ring (bicyclic) bond motifs is 3. The summed E-state index contributed by atoms with van der Waals surface area (Å²) in [7, 11) is -3.20. The van der Waals surface area contributed by atoms with Gasteiger partial charge in [0.25, 0.3) is 0 Å². The minimum absolute atomic E-state index is 0.140. The number of hydrogen-bond donors (Lipinski definition) is 1. The lowest BCUT2D eigenvalue weighted by Gasteiger charge is -2.18. The topological polar surface area (TPSA) is 82.8 Å². The van der Waals surface area contributed by atoms with E-state index in [1.165, 1.54) is 12.8 Å². The van der Waals surface area contributed by atoms with Gasteiger partial charge >= 0.3 is 0 Å². The lowest BCUT2D eigenvalue weighted by atomic mass is 10.0. The fourth-order valence-corrected chi connectivity index (χ4v) is 5.28. The first-order chi connectivity index (χ1) is 11.1. The molecule has 1 saturated carbocycles. The Labute approximate surface area is 135 Å². The van der Waals surface area contributed by atoms with E-state index in [-0.39, 0.29) is 5.75 Å². The standard InChI is InChI=1S/C17H17N3O2S/c18-9-11-10-19-14-5-6-15-13(7-8-23(15,21)22)16(14)17(11)20-12-3-1-2-4-12/h5-6,10,12H,1-4,7-8H2,(H,19,20). The highest BCUT2D eigenvalue weighted by Crippen LogP contribution is 2.38. The van der Waals surface area contributed by atoms with Crippen molar-refractivity contribution in [3.63, 3.8) is 0 Å². The second-order valence-corrected chi connectivity index (χ2v) is 8.37. The van der Waals surface area contributed by atoms with Crippen LogP contribution in [0.5, 0.6) is 0 Å². The summed E-state index contributed by atoms with van der Waals surface area (Å²) >= 11 is 0. The molecule has 4 rings (SSSR count). The average Bonchev–Trinajstić information content (AvgIpc) is 3.15. The third-order valence-electron chi connectivity index (χ3n) is 4.88. The van der Waals surface area contributed by atoms with E-state index in [1.807, 2.05) is 0 Å². The number of aryl methyl sites for hydroxylation is 1. The molecule has 0 atom stereocenters. The van der Waals surface area contributed by atoms with Gasteiger partial charge in [0, 0.05) is 17.6 Å². The van der Waals surface area contributed by atoms with Crippen LogP contribution in [0.2, 0.25) is 0 Å². The molecule has 5 nitrogen and oxygen atoms in total. The Balaban J connectivity index is 1.98. The van der Waals surface area contributed by atoms with E-state index in [2.05, 4.69) is 16.4 Å². The van der Waals surface area contributed by atoms with Gasteiger partial charge in [0.2, 0.25) is 0 Å². The molecule has 1 aromatic heterocycles. The van der Waals surface area contributed by atoms with Crippen molar-refractivity contribution in [2.75, 3.05) is 11.1 Å². The highest BCUT2D eigenvalue weighted by Gasteiger charge is 2.30. The summed E-state index contributed by atoms with van der Waals surface area (Å²) in [6, 6.07) is 5.95. The first-order valence-corrected chi connectivity index (χ1v) is 9.59. The molecule has 1 aliphatic heterocycles. The molecule has 1 aromatic carbocycles. The van der Waals surface area contributed by atoms with Gasteiger partial charge in [-0.15, -0.1) is 0 Å². The van der Waals surface area contributed by atoms with E-state index in [1.54, 1.807) is 18.3 Å². The second kappa shape index (κ2) is 5.20. The molecule has 0 radical (unpaired) electrons. The number of nitrogens with zero attached hydrogens (tertiary/aromatic N) is 2. The van der Waals surface area contributed by atoms with Crippen molar-refractivity contribution in [2.45, 2.75) is 43.0 Å². The zero-order chi connectivity index (χ0) is 16.0. The van der Waals surface area contributed by atoms with Gasteiger partial charge in [-0.3, -0.25) is 4.98 Å². The monoisotopic (exact) mass is 327 g/mol. The van der Waals surface area contributed by atoms with Crippen LogP contribution in [-0.2, 0) is 16.3 Å². The highest BCUT2D eigenvalue weighted by atomic mass is 32.2. The van der Waals surface area contributed by atoms with E-state index >= 15 is 0 Å². The molecule has 0 spiro atoms. The molecule has 2 aromatic rings. The molecule has 0 unspecified atom stereocenters. The van der Waals surface area contributed by atoms with Crippen LogP contribution in [0.3, 0.4) is 0 Å². The summed E-state index contributed by atoms with van der Waals surface area (Å²) in [5.74, 6) is 0.140. The van der Waals surface area contributed by atoms with E-state index in [4.69, 9.17) is 0 Å². The van der Waals surface area contributed by atoms with Crippen molar-refractivity contribution in [2.24, 2.45) is 0 Å². The first kappa shape index (κ1) is 14.5. The highest BCUT2D eigenvalue weighted by molar-refractivity contribution is 7.91. The number of pyridine rings is 1. The molecule has 1 fully saturated rings. The Morgan fingerprint density at radius 3 is 2.78 bits per heavy atom. The van der Waals surface area contributed by atoms with Crippen molar-refractivity contribution in [1.29, 1.82) is 5.26 Å². The summed E-state index contributed by atoms with van der Waals surface area (Å²) in [4.78, 5) is 4.75. The Bertz CT molecular complexity index is 938. The van der Waals surface area contributed by atoms with Crippen LogP contribution in [0.25, 0.3) is 10.9 Å². The third-order valence-corrected chi connectivity index (χ3v) is 6.67. The van der Waals surface area contributed by atoms with Gasteiger partial charge in [0.1, 0.15) is 6.07 Å². The van der Waals surface area contributed by atoms with Gasteiger partial charge in [0.15, 0.2) is 9.84 Å². The molecule has 0 amide bonds. The van der Waals surface area contributed by atoms with Crippen molar-refractivity contribution < 1.29 is 8.42 Å². The zero-order valence-electron chi connectivity index (χ0n) is 12.7. The van der Waals surface area contributed by atoms with Gasteiger partial charge in [-0.25, -0.2) is 8.42 Å². The minimum atomic E-state index is -3.20. The van der Waals surface area contributed by atoms with Crippen LogP contribution in [-0.4, -0.2) is 25.2 Å². The molecule has 0 saturated heterocycles. The van der Waals surface area contributed by atoms with Crippen LogP contribution >= 0.6 is 0 Å². The number of hydrogen-bond acceptors (Lipinski definition) is 5. The lowest BCUT2D eigenvalue weighted by molar-refractivity contribution is 0.600. The Hall–Kier alpha value is -2.13. The fraction of sp³-hybridized carbons (Fsp3) is 0.412. The van der Waals surface area contributed by atoms with Gasteiger partial charge in [-0.1, -0.05) is 12.8 Å². The predicted molar refractivity (Wildman–Crippen MR) is 88.1 cm³/mol. The molecule has 2 aliphatic rings. The number of rotatable bonds is 2. The maximum absolute atomic E-state index is 12.2. The normalized spacial score (nSPS) is 19.6. The molecular weight excluding hydrogens is 310 g/mol. The second-order valence-electron chi connectivity index (χ2n) is 6.29. The van der Waals surface area contributed by atoms with E-state index in [0.717, 1.165) is 35.0 Å². The number of benzene rings is 1. The van der Waals surface area contributed by atoms with Crippen LogP contribution in [0, 0.1) is 11.3 Å². The Kier molecular flexibility index (Phi) is 3.27. The van der Waals surface area contributed by atoms with Crippen LogP contribution in [0.15, 0.2) is 23.2 Å². The van der Waals surface area contributed by atoms with Crippen LogP contribution < -0.4 is 5.32 Å². The minimum Gasteiger partial charge on any atom is -0.381 e. The maximum atomic E-state index is 12.2. The van der Waals surface area contributed by atoms with Crippen LogP contribution in [0.4, 0.5) is 5.69 Å². The quantitative estimate of drug-likeness (QED) is 0.917. The average molecular weight is 327 g/mol. The number of sulfone groups is 1. The summed E-state index contributed by atoms with van der Waals surface area (Å²) in [5.41, 5.74) is 2.81. The molecule has 118 valence electrons. The number of aromatic nitrogens is 1. The molecular formula is C17H17N3O2S. The maximum Gasteiger partial charge on any atom is 0.179 e. The number of anilines is 1. The Morgan fingerprint density at radius 2 is 2.04 bits per heavy atom. The molecule has 23 heavy (non-hydrogen) atoms. The zero-order valence-corrected chi connectivity index (χ0v) is 13.5. The smallest absolute Gasteiger partial charge is 0.179 e. The van der Waals surface area contributed by atoms with Crippen molar-refractivity contribution >= 4 is 26.4 Å². The molecule has 2 heterocycles. The Morgan fingerprint density at radius 1 is 1.26 bits per heavy atom. The summed E-state index contributed by atoms with van der Waals surface area (Å²) < 4.78 is 24.4. The van der Waals surface area contributed by atoms with E-state index in [9.17, 15) is 13.7 Å². The molecule has 1 aliphatic carbocycles. The van der Waals surface area contributed by atoms with Crippen molar-refractivity contribution in [3.05, 3.63) is 29.5 Å². The van der Waals surface area contributed by atoms with Crippen molar-refractivity contribution in [1.82, 2.24) is 4.98 Å².